The lowest BCUT2D eigenvalue weighted by molar-refractivity contribution is -0.0767. The Kier molecular flexibility index (Phi) is 3.83. The highest BCUT2D eigenvalue weighted by molar-refractivity contribution is 5.18. The maximum atomic E-state index is 13.3. The van der Waals surface area contributed by atoms with Gasteiger partial charge in [0.2, 0.25) is 0 Å². The van der Waals surface area contributed by atoms with Gasteiger partial charge in [-0.25, -0.2) is 4.39 Å². The fourth-order valence-electron chi connectivity index (χ4n) is 1.25. The summed E-state index contributed by atoms with van der Waals surface area (Å²) < 4.78 is 18.4. The molecule has 0 saturated carbocycles. The lowest BCUT2D eigenvalue weighted by atomic mass is 9.95. The van der Waals surface area contributed by atoms with Crippen molar-refractivity contribution < 1.29 is 14.2 Å². The van der Waals surface area contributed by atoms with E-state index in [1.807, 2.05) is 0 Å². The Morgan fingerprint density at radius 1 is 1.40 bits per heavy atom. The van der Waals surface area contributed by atoms with Gasteiger partial charge < -0.3 is 9.84 Å². The minimum atomic E-state index is -0.723. The number of aliphatic hydroxyl groups is 1. The molecule has 0 heterocycles. The third kappa shape index (κ3) is 3.01. The number of aliphatic hydroxyl groups excluding tert-OH is 1. The molecule has 0 amide bonds. The summed E-state index contributed by atoms with van der Waals surface area (Å²) >= 11 is 0. The quantitative estimate of drug-likeness (QED) is 0.828. The van der Waals surface area contributed by atoms with Crippen molar-refractivity contribution in [1.29, 1.82) is 0 Å². The van der Waals surface area contributed by atoms with E-state index in [4.69, 9.17) is 4.74 Å². The molecule has 0 aliphatic carbocycles. The molecule has 0 aliphatic rings. The Morgan fingerprint density at radius 2 is 2.00 bits per heavy atom. The largest absolute Gasteiger partial charge is 0.390 e. The zero-order valence-corrected chi connectivity index (χ0v) is 9.33. The van der Waals surface area contributed by atoms with Crippen LogP contribution in [0.2, 0.25) is 0 Å². The van der Waals surface area contributed by atoms with Gasteiger partial charge in [0.1, 0.15) is 5.82 Å². The van der Waals surface area contributed by atoms with Crippen molar-refractivity contribution in [2.24, 2.45) is 0 Å². The monoisotopic (exact) mass is 212 g/mol. The van der Waals surface area contributed by atoms with Crippen LogP contribution in [0.5, 0.6) is 0 Å². The smallest absolute Gasteiger partial charge is 0.126 e. The average molecular weight is 212 g/mol. The summed E-state index contributed by atoms with van der Waals surface area (Å²) in [5.41, 5.74) is -0.155. The average Bonchev–Trinajstić information content (AvgIpc) is 2.21. The number of ether oxygens (including phenoxy) is 1. The van der Waals surface area contributed by atoms with Gasteiger partial charge in [0, 0.05) is 13.5 Å². The molecule has 1 aromatic rings. The van der Waals surface area contributed by atoms with Gasteiger partial charge >= 0.3 is 0 Å². The normalized spacial score (nSPS) is 13.9. The second kappa shape index (κ2) is 4.73. The first-order valence-corrected chi connectivity index (χ1v) is 4.94. The Hall–Kier alpha value is -0.930. The van der Waals surface area contributed by atoms with Crippen LogP contribution in [0.15, 0.2) is 24.3 Å². The molecule has 1 aromatic carbocycles. The molecule has 1 N–H and O–H groups in total. The fourth-order valence-corrected chi connectivity index (χ4v) is 1.25. The third-order valence-electron chi connectivity index (χ3n) is 2.70. The van der Waals surface area contributed by atoms with Crippen LogP contribution in [0.25, 0.3) is 0 Å². The zero-order chi connectivity index (χ0) is 11.5. The molecule has 1 atom stereocenters. The summed E-state index contributed by atoms with van der Waals surface area (Å²) in [6.45, 7) is 3.55. The fraction of sp³-hybridized carbons (Fsp3) is 0.500. The third-order valence-corrected chi connectivity index (χ3v) is 2.70. The number of methoxy groups -OCH3 is 1. The first-order valence-electron chi connectivity index (χ1n) is 4.94. The first-order chi connectivity index (χ1) is 6.97. The van der Waals surface area contributed by atoms with Crippen molar-refractivity contribution in [2.75, 3.05) is 7.11 Å². The Balaban J connectivity index is 2.75. The van der Waals surface area contributed by atoms with Crippen LogP contribution < -0.4 is 0 Å². The zero-order valence-electron chi connectivity index (χ0n) is 9.33. The van der Waals surface area contributed by atoms with Crippen LogP contribution in [0.3, 0.4) is 0 Å². The van der Waals surface area contributed by atoms with E-state index < -0.39 is 11.7 Å². The number of rotatable bonds is 4. The highest BCUT2D eigenvalue weighted by atomic mass is 19.1. The molecule has 15 heavy (non-hydrogen) atoms. The van der Waals surface area contributed by atoms with E-state index in [0.717, 1.165) is 0 Å². The molecule has 0 aliphatic heterocycles. The van der Waals surface area contributed by atoms with Crippen molar-refractivity contribution >= 4 is 0 Å². The summed E-state index contributed by atoms with van der Waals surface area (Å²) in [5, 5.41) is 9.86. The Labute approximate surface area is 89.7 Å². The lowest BCUT2D eigenvalue weighted by Gasteiger charge is -2.29. The lowest BCUT2D eigenvalue weighted by Crippen LogP contribution is -2.39. The predicted molar refractivity (Wildman–Crippen MR) is 57.2 cm³/mol. The summed E-state index contributed by atoms with van der Waals surface area (Å²) in [4.78, 5) is 0. The van der Waals surface area contributed by atoms with Crippen molar-refractivity contribution in [3.05, 3.63) is 35.6 Å². The summed E-state index contributed by atoms with van der Waals surface area (Å²) in [7, 11) is 1.53. The number of benzene rings is 1. The summed E-state index contributed by atoms with van der Waals surface area (Å²) in [5.74, 6) is -0.288. The van der Waals surface area contributed by atoms with E-state index >= 15 is 0 Å². The maximum absolute atomic E-state index is 13.3. The minimum absolute atomic E-state index is 0.257. The van der Waals surface area contributed by atoms with Gasteiger partial charge in [0.15, 0.2) is 0 Å². The molecule has 2 nitrogen and oxygen atoms in total. The number of hydrogen-bond acceptors (Lipinski definition) is 2. The van der Waals surface area contributed by atoms with Crippen molar-refractivity contribution in [2.45, 2.75) is 32.0 Å². The van der Waals surface area contributed by atoms with Crippen LogP contribution in [0.4, 0.5) is 4.39 Å². The summed E-state index contributed by atoms with van der Waals surface area (Å²) in [6, 6.07) is 6.45. The molecule has 0 aromatic heterocycles. The molecule has 3 heteroatoms. The number of hydrogen-bond donors (Lipinski definition) is 1. The van der Waals surface area contributed by atoms with Crippen LogP contribution in [-0.2, 0) is 11.2 Å². The van der Waals surface area contributed by atoms with Crippen LogP contribution >= 0.6 is 0 Å². The molecule has 1 rings (SSSR count). The standard InChI is InChI=1S/C12H17FO2/c1-12(2,15-3)11(14)8-9-6-4-5-7-10(9)13/h4-7,11,14H,8H2,1-3H3. The van der Waals surface area contributed by atoms with Crippen molar-refractivity contribution in [3.63, 3.8) is 0 Å². The van der Waals surface area contributed by atoms with Gasteiger partial charge in [-0.2, -0.15) is 0 Å². The van der Waals surface area contributed by atoms with Gasteiger partial charge in [0.25, 0.3) is 0 Å². The van der Waals surface area contributed by atoms with Gasteiger partial charge in [-0.3, -0.25) is 0 Å². The molecule has 0 spiro atoms. The van der Waals surface area contributed by atoms with Crippen LogP contribution in [-0.4, -0.2) is 23.9 Å². The van der Waals surface area contributed by atoms with Crippen LogP contribution in [0, 0.1) is 5.82 Å². The van der Waals surface area contributed by atoms with Gasteiger partial charge in [-0.05, 0) is 25.5 Å². The maximum Gasteiger partial charge on any atom is 0.126 e. The van der Waals surface area contributed by atoms with Crippen molar-refractivity contribution in [1.82, 2.24) is 0 Å². The second-order valence-electron chi connectivity index (χ2n) is 4.12. The first kappa shape index (κ1) is 12.1. The van der Waals surface area contributed by atoms with Gasteiger partial charge in [-0.15, -0.1) is 0 Å². The van der Waals surface area contributed by atoms with E-state index in [0.29, 0.717) is 5.56 Å². The molecule has 0 saturated heterocycles. The Morgan fingerprint density at radius 3 is 2.53 bits per heavy atom. The molecule has 84 valence electrons. The molecule has 0 bridgehead atoms. The second-order valence-corrected chi connectivity index (χ2v) is 4.12. The molecule has 1 unspecified atom stereocenters. The number of halogens is 1. The van der Waals surface area contributed by atoms with E-state index in [-0.39, 0.29) is 12.2 Å². The molecule has 0 fully saturated rings. The van der Waals surface area contributed by atoms with E-state index in [1.54, 1.807) is 32.0 Å². The van der Waals surface area contributed by atoms with Gasteiger partial charge in [-0.1, -0.05) is 18.2 Å². The van der Waals surface area contributed by atoms with Crippen molar-refractivity contribution in [3.8, 4) is 0 Å². The predicted octanol–water partition coefficient (Wildman–Crippen LogP) is 2.15. The Bertz CT molecular complexity index is 323. The molecular formula is C12H17FO2. The highest BCUT2D eigenvalue weighted by Gasteiger charge is 2.27. The molecular weight excluding hydrogens is 195 g/mol. The SMILES string of the molecule is COC(C)(C)C(O)Cc1ccccc1F. The summed E-state index contributed by atoms with van der Waals surface area (Å²) in [6.07, 6.45) is -0.465. The van der Waals surface area contributed by atoms with Gasteiger partial charge in [0.05, 0.1) is 11.7 Å². The minimum Gasteiger partial charge on any atom is -0.390 e. The molecule has 0 radical (unpaired) electrons. The van der Waals surface area contributed by atoms with E-state index in [1.165, 1.54) is 13.2 Å². The van der Waals surface area contributed by atoms with Crippen LogP contribution in [0.1, 0.15) is 19.4 Å². The van der Waals surface area contributed by atoms with E-state index in [2.05, 4.69) is 0 Å². The van der Waals surface area contributed by atoms with E-state index in [9.17, 15) is 9.50 Å². The highest BCUT2D eigenvalue weighted by Crippen LogP contribution is 2.19. The topological polar surface area (TPSA) is 29.5 Å².